The van der Waals surface area contributed by atoms with E-state index in [1.165, 1.54) is 11.0 Å². The average Bonchev–Trinajstić information content (AvgIpc) is 2.89. The molecule has 0 bridgehead atoms. The number of nitrogens with one attached hydrogen (secondary N) is 1. The monoisotopic (exact) mass is 589 g/mol. The predicted octanol–water partition coefficient (Wildman–Crippen LogP) is 5.17. The van der Waals surface area contributed by atoms with E-state index in [4.69, 9.17) is 23.2 Å². The third kappa shape index (κ3) is 8.98. The fourth-order valence-corrected chi connectivity index (χ4v) is 5.29. The van der Waals surface area contributed by atoms with Gasteiger partial charge in [0.1, 0.15) is 12.6 Å². The summed E-state index contributed by atoms with van der Waals surface area (Å²) < 4.78 is 26.6. The minimum absolute atomic E-state index is 0.0721. The Morgan fingerprint density at radius 1 is 0.872 bits per heavy atom. The molecule has 39 heavy (non-hydrogen) atoms. The lowest BCUT2D eigenvalue weighted by Gasteiger charge is -2.33. The Morgan fingerprint density at radius 3 is 2.08 bits per heavy atom. The van der Waals surface area contributed by atoms with Gasteiger partial charge in [-0.05, 0) is 41.3 Å². The molecule has 1 atom stereocenters. The first kappa shape index (κ1) is 30.5. The number of rotatable bonds is 12. The smallest absolute Gasteiger partial charge is 0.244 e. The van der Waals surface area contributed by atoms with E-state index in [9.17, 15) is 18.0 Å². The first-order chi connectivity index (χ1) is 18.5. The Labute approximate surface area is 240 Å². The highest BCUT2D eigenvalue weighted by Gasteiger charge is 2.33. The normalized spacial score (nSPS) is 12.2. The SMILES string of the molecule is CC(C)CNC(=O)C(Cc1ccccc1)N(Cc1ccc(Cl)cc1)C(=O)CN(c1ccccc1Cl)S(C)(=O)=O. The standard InChI is InChI=1S/C29H33Cl2N3O4S/c1-21(2)18-32-29(36)27(17-22-9-5-4-6-10-22)33(19-23-13-15-24(30)16-14-23)28(35)20-34(39(3,37)38)26-12-8-7-11-25(26)31/h4-16,21,27H,17-20H2,1-3H3,(H,32,36). The number of hydrogen-bond acceptors (Lipinski definition) is 4. The molecule has 0 saturated heterocycles. The summed E-state index contributed by atoms with van der Waals surface area (Å²) in [6, 6.07) is 21.9. The van der Waals surface area contributed by atoms with Gasteiger partial charge in [-0.1, -0.05) is 91.6 Å². The Balaban J connectivity index is 2.05. The van der Waals surface area contributed by atoms with E-state index in [1.54, 1.807) is 42.5 Å². The number of benzene rings is 3. The van der Waals surface area contributed by atoms with E-state index >= 15 is 0 Å². The van der Waals surface area contributed by atoms with Crippen LogP contribution in [0.1, 0.15) is 25.0 Å². The van der Waals surface area contributed by atoms with Crippen molar-refractivity contribution in [2.75, 3.05) is 23.7 Å². The van der Waals surface area contributed by atoms with Crippen molar-refractivity contribution in [2.24, 2.45) is 5.92 Å². The molecule has 1 N–H and O–H groups in total. The van der Waals surface area contributed by atoms with Gasteiger partial charge >= 0.3 is 0 Å². The van der Waals surface area contributed by atoms with Crippen LogP contribution >= 0.6 is 23.2 Å². The van der Waals surface area contributed by atoms with Crippen LogP contribution < -0.4 is 9.62 Å². The fraction of sp³-hybridized carbons (Fsp3) is 0.310. The molecular formula is C29H33Cl2N3O4S. The van der Waals surface area contributed by atoms with Gasteiger partial charge in [-0.3, -0.25) is 13.9 Å². The summed E-state index contributed by atoms with van der Waals surface area (Å²) in [5, 5.41) is 3.68. The van der Waals surface area contributed by atoms with Gasteiger partial charge < -0.3 is 10.2 Å². The van der Waals surface area contributed by atoms with Crippen LogP contribution in [0, 0.1) is 5.92 Å². The van der Waals surface area contributed by atoms with Crippen molar-refractivity contribution in [2.45, 2.75) is 32.9 Å². The van der Waals surface area contributed by atoms with E-state index in [0.29, 0.717) is 11.6 Å². The second kappa shape index (κ2) is 13.8. The number of carbonyl (C=O) groups is 2. The molecule has 2 amide bonds. The molecule has 208 valence electrons. The number of nitrogens with zero attached hydrogens (tertiary/aromatic N) is 2. The number of amides is 2. The van der Waals surface area contributed by atoms with E-state index in [0.717, 1.165) is 21.7 Å². The minimum atomic E-state index is -3.89. The maximum Gasteiger partial charge on any atom is 0.244 e. The number of anilines is 1. The quantitative estimate of drug-likeness (QED) is 0.315. The molecule has 3 rings (SSSR count). The summed E-state index contributed by atoms with van der Waals surface area (Å²) in [4.78, 5) is 29.0. The van der Waals surface area contributed by atoms with Crippen molar-refractivity contribution >= 4 is 50.7 Å². The fourth-order valence-electron chi connectivity index (χ4n) is 4.01. The van der Waals surface area contributed by atoms with Crippen LogP contribution in [0.5, 0.6) is 0 Å². The van der Waals surface area contributed by atoms with Crippen molar-refractivity contribution in [3.63, 3.8) is 0 Å². The van der Waals surface area contributed by atoms with Gasteiger partial charge in [0.15, 0.2) is 0 Å². The number of para-hydroxylation sites is 1. The lowest BCUT2D eigenvalue weighted by Crippen LogP contribution is -2.53. The lowest BCUT2D eigenvalue weighted by molar-refractivity contribution is -0.140. The van der Waals surface area contributed by atoms with Crippen LogP contribution in [0.15, 0.2) is 78.9 Å². The summed E-state index contributed by atoms with van der Waals surface area (Å²) >= 11 is 12.4. The number of halogens is 2. The molecule has 10 heteroatoms. The number of sulfonamides is 1. The van der Waals surface area contributed by atoms with Crippen LogP contribution in [0.3, 0.4) is 0 Å². The zero-order valence-corrected chi connectivity index (χ0v) is 24.5. The van der Waals surface area contributed by atoms with E-state index < -0.39 is 28.5 Å². The Morgan fingerprint density at radius 2 is 1.49 bits per heavy atom. The summed E-state index contributed by atoms with van der Waals surface area (Å²) in [5.74, 6) is -0.665. The van der Waals surface area contributed by atoms with Crippen molar-refractivity contribution in [1.82, 2.24) is 10.2 Å². The molecule has 0 fully saturated rings. The Hall–Kier alpha value is -3.07. The van der Waals surface area contributed by atoms with Gasteiger partial charge in [0.25, 0.3) is 0 Å². The molecule has 0 aliphatic heterocycles. The van der Waals surface area contributed by atoms with Crippen LogP contribution in [0.4, 0.5) is 5.69 Å². The predicted molar refractivity (Wildman–Crippen MR) is 157 cm³/mol. The van der Waals surface area contributed by atoms with E-state index in [2.05, 4.69) is 5.32 Å². The highest BCUT2D eigenvalue weighted by molar-refractivity contribution is 7.92. The van der Waals surface area contributed by atoms with Crippen LogP contribution in [-0.2, 0) is 32.6 Å². The zero-order chi connectivity index (χ0) is 28.6. The number of carbonyl (C=O) groups excluding carboxylic acids is 2. The summed E-state index contributed by atoms with van der Waals surface area (Å²) in [7, 11) is -3.89. The molecule has 0 heterocycles. The molecule has 3 aromatic rings. The van der Waals surface area contributed by atoms with Gasteiger partial charge in [-0.25, -0.2) is 8.42 Å². The third-order valence-electron chi connectivity index (χ3n) is 6.02. The second-order valence-corrected chi connectivity index (χ2v) is 12.5. The van der Waals surface area contributed by atoms with Gasteiger partial charge in [-0.15, -0.1) is 0 Å². The Bertz CT molecular complexity index is 1370. The van der Waals surface area contributed by atoms with Gasteiger partial charge in [0.2, 0.25) is 21.8 Å². The second-order valence-electron chi connectivity index (χ2n) is 9.71. The molecule has 0 radical (unpaired) electrons. The molecule has 3 aromatic carbocycles. The first-order valence-corrected chi connectivity index (χ1v) is 15.1. The van der Waals surface area contributed by atoms with Crippen LogP contribution in [-0.4, -0.2) is 50.5 Å². The van der Waals surface area contributed by atoms with Gasteiger partial charge in [0.05, 0.1) is 17.0 Å². The number of hydrogen-bond donors (Lipinski definition) is 1. The lowest BCUT2D eigenvalue weighted by atomic mass is 10.0. The van der Waals surface area contributed by atoms with Crippen molar-refractivity contribution in [1.29, 1.82) is 0 Å². The summed E-state index contributed by atoms with van der Waals surface area (Å²) in [5.41, 5.74) is 1.79. The van der Waals surface area contributed by atoms with E-state index in [-0.39, 0.29) is 35.5 Å². The highest BCUT2D eigenvalue weighted by atomic mass is 35.5. The van der Waals surface area contributed by atoms with Crippen LogP contribution in [0.2, 0.25) is 10.0 Å². The summed E-state index contributed by atoms with van der Waals surface area (Å²) in [6.45, 7) is 3.94. The molecule has 0 aliphatic carbocycles. The third-order valence-corrected chi connectivity index (χ3v) is 7.72. The topological polar surface area (TPSA) is 86.8 Å². The Kier molecular flexibility index (Phi) is 10.8. The van der Waals surface area contributed by atoms with E-state index in [1.807, 2.05) is 44.2 Å². The first-order valence-electron chi connectivity index (χ1n) is 12.5. The maximum absolute atomic E-state index is 14.0. The molecule has 0 aromatic heterocycles. The molecule has 0 aliphatic rings. The van der Waals surface area contributed by atoms with Crippen molar-refractivity contribution < 1.29 is 18.0 Å². The average molecular weight is 591 g/mol. The van der Waals surface area contributed by atoms with Gasteiger partial charge in [0, 0.05) is 24.5 Å². The van der Waals surface area contributed by atoms with Crippen molar-refractivity contribution in [3.05, 3.63) is 100 Å². The largest absolute Gasteiger partial charge is 0.354 e. The highest BCUT2D eigenvalue weighted by Crippen LogP contribution is 2.28. The van der Waals surface area contributed by atoms with Crippen LogP contribution in [0.25, 0.3) is 0 Å². The molecular weight excluding hydrogens is 557 g/mol. The molecule has 0 spiro atoms. The van der Waals surface area contributed by atoms with Gasteiger partial charge in [-0.2, -0.15) is 0 Å². The maximum atomic E-state index is 14.0. The minimum Gasteiger partial charge on any atom is -0.354 e. The van der Waals surface area contributed by atoms with Crippen molar-refractivity contribution in [3.8, 4) is 0 Å². The summed E-state index contributed by atoms with van der Waals surface area (Å²) in [6.07, 6.45) is 1.26. The molecule has 7 nitrogen and oxygen atoms in total. The zero-order valence-electron chi connectivity index (χ0n) is 22.2. The molecule has 0 saturated carbocycles. The molecule has 1 unspecified atom stereocenters.